The molecule has 0 radical (unpaired) electrons. The zero-order valence-corrected chi connectivity index (χ0v) is 19.0. The van der Waals surface area contributed by atoms with Crippen LogP contribution in [0, 0.1) is 12.8 Å². The summed E-state index contributed by atoms with van der Waals surface area (Å²) in [5, 5.41) is 0. The highest BCUT2D eigenvalue weighted by molar-refractivity contribution is 6.01. The molecule has 1 fully saturated rings. The topological polar surface area (TPSA) is 82.1 Å². The lowest BCUT2D eigenvalue weighted by molar-refractivity contribution is -0.147. The van der Waals surface area contributed by atoms with Gasteiger partial charge in [-0.15, -0.1) is 0 Å². The second-order valence-corrected chi connectivity index (χ2v) is 8.07. The van der Waals surface area contributed by atoms with Crippen molar-refractivity contribution in [2.45, 2.75) is 13.3 Å². The van der Waals surface area contributed by atoms with Crippen molar-refractivity contribution in [3.8, 4) is 17.2 Å². The molecule has 7 nitrogen and oxygen atoms in total. The molecule has 0 N–H and O–H groups in total. The Balaban J connectivity index is 1.32. The van der Waals surface area contributed by atoms with Crippen LogP contribution in [0.15, 0.2) is 72.8 Å². The number of rotatable bonds is 8. The summed E-state index contributed by atoms with van der Waals surface area (Å²) < 4.78 is 16.2. The summed E-state index contributed by atoms with van der Waals surface area (Å²) in [7, 11) is 1.60. The first-order chi connectivity index (χ1) is 16.4. The van der Waals surface area contributed by atoms with E-state index in [1.807, 2.05) is 19.1 Å². The van der Waals surface area contributed by atoms with Gasteiger partial charge in [-0.05, 0) is 55.5 Å². The Bertz CT molecular complexity index is 1170. The second kappa shape index (κ2) is 10.2. The maximum absolute atomic E-state index is 12.5. The molecule has 174 valence electrons. The first-order valence-electron chi connectivity index (χ1n) is 10.9. The molecule has 0 aliphatic carbocycles. The van der Waals surface area contributed by atoms with E-state index in [2.05, 4.69) is 0 Å². The van der Waals surface area contributed by atoms with Crippen LogP contribution in [0.25, 0.3) is 0 Å². The van der Waals surface area contributed by atoms with E-state index < -0.39 is 11.9 Å². The molecular weight excluding hydrogens is 434 g/mol. The summed E-state index contributed by atoms with van der Waals surface area (Å²) in [5.74, 6) is 0.407. The molecule has 0 saturated carbocycles. The summed E-state index contributed by atoms with van der Waals surface area (Å²) in [6.07, 6.45) is 0.0433. The van der Waals surface area contributed by atoms with Crippen molar-refractivity contribution in [1.29, 1.82) is 0 Å². The Morgan fingerprint density at radius 2 is 1.47 bits per heavy atom. The van der Waals surface area contributed by atoms with E-state index in [4.69, 9.17) is 14.2 Å². The van der Waals surface area contributed by atoms with E-state index in [-0.39, 0.29) is 31.3 Å². The van der Waals surface area contributed by atoms with Crippen LogP contribution in [0.2, 0.25) is 0 Å². The van der Waals surface area contributed by atoms with Crippen LogP contribution in [0.3, 0.4) is 0 Å². The number of ketones is 1. The molecule has 1 amide bonds. The Morgan fingerprint density at radius 1 is 0.882 bits per heavy atom. The van der Waals surface area contributed by atoms with Gasteiger partial charge in [0.15, 0.2) is 12.4 Å². The summed E-state index contributed by atoms with van der Waals surface area (Å²) in [4.78, 5) is 38.8. The van der Waals surface area contributed by atoms with Crippen LogP contribution in [0.4, 0.5) is 5.69 Å². The molecule has 34 heavy (non-hydrogen) atoms. The minimum atomic E-state index is -0.617. The molecule has 3 aromatic rings. The second-order valence-electron chi connectivity index (χ2n) is 8.07. The van der Waals surface area contributed by atoms with Crippen LogP contribution in [0.1, 0.15) is 22.3 Å². The number of benzene rings is 3. The standard InChI is InChI=1S/C27H25NO6/c1-18-3-5-19(6-4-18)25(29)17-33-27(31)20-15-26(30)28(16-20)21-7-9-23(10-8-21)34-24-13-11-22(32-2)12-14-24/h3-14,20H,15-17H2,1-2H3. The zero-order valence-electron chi connectivity index (χ0n) is 19.0. The third-order valence-electron chi connectivity index (χ3n) is 5.62. The number of anilines is 1. The van der Waals surface area contributed by atoms with E-state index in [9.17, 15) is 14.4 Å². The normalized spacial score (nSPS) is 15.2. The Hall–Kier alpha value is -4.13. The number of hydrogen-bond donors (Lipinski definition) is 0. The fourth-order valence-corrected chi connectivity index (χ4v) is 3.67. The van der Waals surface area contributed by atoms with Gasteiger partial charge in [0.2, 0.25) is 5.91 Å². The molecule has 1 atom stereocenters. The highest BCUT2D eigenvalue weighted by atomic mass is 16.5. The fraction of sp³-hybridized carbons (Fsp3) is 0.222. The molecule has 0 aromatic heterocycles. The van der Waals surface area contributed by atoms with Crippen molar-refractivity contribution in [2.24, 2.45) is 5.92 Å². The Kier molecular flexibility index (Phi) is 6.92. The average molecular weight is 459 g/mol. The third kappa shape index (κ3) is 5.43. The van der Waals surface area contributed by atoms with Crippen molar-refractivity contribution in [3.63, 3.8) is 0 Å². The zero-order chi connectivity index (χ0) is 24.1. The molecule has 7 heteroatoms. The monoisotopic (exact) mass is 459 g/mol. The van der Waals surface area contributed by atoms with Crippen molar-refractivity contribution in [1.82, 2.24) is 0 Å². The van der Waals surface area contributed by atoms with Crippen LogP contribution in [0.5, 0.6) is 17.2 Å². The van der Waals surface area contributed by atoms with Gasteiger partial charge in [0.05, 0.1) is 13.0 Å². The average Bonchev–Trinajstić information content (AvgIpc) is 3.25. The number of amides is 1. The predicted molar refractivity (Wildman–Crippen MR) is 126 cm³/mol. The summed E-state index contributed by atoms with van der Waals surface area (Å²) in [5.41, 5.74) is 2.19. The van der Waals surface area contributed by atoms with Crippen molar-refractivity contribution in [3.05, 3.63) is 83.9 Å². The molecule has 0 spiro atoms. The van der Waals surface area contributed by atoms with Gasteiger partial charge < -0.3 is 19.1 Å². The first kappa shape index (κ1) is 23.0. The predicted octanol–water partition coefficient (Wildman–Crippen LogP) is 4.57. The van der Waals surface area contributed by atoms with E-state index >= 15 is 0 Å². The first-order valence-corrected chi connectivity index (χ1v) is 10.9. The van der Waals surface area contributed by atoms with Crippen LogP contribution >= 0.6 is 0 Å². The number of hydrogen-bond acceptors (Lipinski definition) is 6. The fourth-order valence-electron chi connectivity index (χ4n) is 3.67. The molecule has 1 aliphatic heterocycles. The maximum atomic E-state index is 12.5. The van der Waals surface area contributed by atoms with E-state index in [1.54, 1.807) is 72.7 Å². The molecule has 1 saturated heterocycles. The number of carbonyl (C=O) groups excluding carboxylic acids is 3. The van der Waals surface area contributed by atoms with Gasteiger partial charge in [0.1, 0.15) is 17.2 Å². The van der Waals surface area contributed by atoms with Crippen LogP contribution in [-0.4, -0.2) is 37.9 Å². The number of aryl methyl sites for hydroxylation is 1. The molecule has 3 aromatic carbocycles. The van der Waals surface area contributed by atoms with Gasteiger partial charge in [-0.2, -0.15) is 0 Å². The summed E-state index contributed by atoms with van der Waals surface area (Å²) in [6.45, 7) is 1.79. The van der Waals surface area contributed by atoms with E-state index in [0.717, 1.165) is 11.3 Å². The molecule has 1 unspecified atom stereocenters. The lowest BCUT2D eigenvalue weighted by Crippen LogP contribution is -2.27. The number of methoxy groups -OCH3 is 1. The highest BCUT2D eigenvalue weighted by Crippen LogP contribution is 2.29. The van der Waals surface area contributed by atoms with Gasteiger partial charge >= 0.3 is 5.97 Å². The van der Waals surface area contributed by atoms with Crippen molar-refractivity contribution in [2.75, 3.05) is 25.2 Å². The number of nitrogens with zero attached hydrogens (tertiary/aromatic N) is 1. The SMILES string of the molecule is COc1ccc(Oc2ccc(N3CC(C(=O)OCC(=O)c4ccc(C)cc4)CC3=O)cc2)cc1. The van der Waals surface area contributed by atoms with Gasteiger partial charge in [-0.3, -0.25) is 14.4 Å². The van der Waals surface area contributed by atoms with Crippen LogP contribution in [-0.2, 0) is 14.3 Å². The van der Waals surface area contributed by atoms with Crippen molar-refractivity contribution < 1.29 is 28.6 Å². The summed E-state index contributed by atoms with van der Waals surface area (Å²) in [6, 6.07) is 21.3. The van der Waals surface area contributed by atoms with E-state index in [1.165, 1.54) is 0 Å². The molecule has 0 bridgehead atoms. The van der Waals surface area contributed by atoms with Gasteiger partial charge in [0, 0.05) is 24.2 Å². The van der Waals surface area contributed by atoms with Crippen LogP contribution < -0.4 is 14.4 Å². The Labute approximate surface area is 197 Å². The molecule has 4 rings (SSSR count). The number of ether oxygens (including phenoxy) is 3. The van der Waals surface area contributed by atoms with E-state index in [0.29, 0.717) is 22.7 Å². The van der Waals surface area contributed by atoms with Gasteiger partial charge in [-0.25, -0.2) is 0 Å². The molecular formula is C27H25NO6. The number of Topliss-reactive ketones (excluding diaryl/α,β-unsaturated/α-hetero) is 1. The Morgan fingerprint density at radius 3 is 2.09 bits per heavy atom. The van der Waals surface area contributed by atoms with Gasteiger partial charge in [-0.1, -0.05) is 29.8 Å². The third-order valence-corrected chi connectivity index (χ3v) is 5.62. The largest absolute Gasteiger partial charge is 0.497 e. The van der Waals surface area contributed by atoms with Gasteiger partial charge in [0.25, 0.3) is 0 Å². The smallest absolute Gasteiger partial charge is 0.311 e. The summed E-state index contributed by atoms with van der Waals surface area (Å²) >= 11 is 0. The maximum Gasteiger partial charge on any atom is 0.311 e. The number of carbonyl (C=O) groups is 3. The lowest BCUT2D eigenvalue weighted by Gasteiger charge is -2.17. The lowest BCUT2D eigenvalue weighted by atomic mass is 10.1. The number of esters is 1. The minimum absolute atomic E-state index is 0.0433. The minimum Gasteiger partial charge on any atom is -0.497 e. The quantitative estimate of drug-likeness (QED) is 0.362. The molecule has 1 heterocycles. The molecule has 1 aliphatic rings. The van der Waals surface area contributed by atoms with Crippen molar-refractivity contribution >= 4 is 23.3 Å². The highest BCUT2D eigenvalue weighted by Gasteiger charge is 2.36.